The fourth-order valence-corrected chi connectivity index (χ4v) is 3.63. The van der Waals surface area contributed by atoms with Crippen molar-refractivity contribution < 1.29 is 19.4 Å². The first-order valence-electron chi connectivity index (χ1n) is 9.73. The monoisotopic (exact) mass is 394 g/mol. The van der Waals surface area contributed by atoms with E-state index < -0.39 is 17.0 Å². The Hall–Kier alpha value is -2.72. The molecule has 0 amide bonds. The third-order valence-electron chi connectivity index (χ3n) is 5.56. The maximum atomic E-state index is 12.8. The maximum Gasteiger partial charge on any atom is 0.330 e. The Morgan fingerprint density at radius 3 is 2.52 bits per heavy atom. The largest absolute Gasteiger partial charge is 0.466 e. The van der Waals surface area contributed by atoms with Crippen molar-refractivity contribution in [3.05, 3.63) is 76.9 Å². The highest BCUT2D eigenvalue weighted by Crippen LogP contribution is 2.47. The highest BCUT2D eigenvalue weighted by atomic mass is 16.5. The summed E-state index contributed by atoms with van der Waals surface area (Å²) in [4.78, 5) is 24.2. The molecule has 0 aromatic heterocycles. The first-order chi connectivity index (χ1) is 13.6. The maximum absolute atomic E-state index is 12.8. The van der Waals surface area contributed by atoms with Crippen LogP contribution in [0.3, 0.4) is 0 Å². The average molecular weight is 395 g/mol. The Bertz CT molecular complexity index is 885. The molecule has 0 heterocycles. The first kappa shape index (κ1) is 22.6. The van der Waals surface area contributed by atoms with E-state index in [2.05, 4.69) is 4.74 Å². The van der Waals surface area contributed by atoms with Crippen molar-refractivity contribution in [2.75, 3.05) is 7.11 Å². The molecule has 4 nitrogen and oxygen atoms in total. The third kappa shape index (κ3) is 5.21. The number of Topliss-reactive ketones (excluding diaryl/α,β-unsaturated/α-hetero) is 1. The number of allylic oxidation sites excluding steroid dienone is 4. The minimum Gasteiger partial charge on any atom is -0.466 e. The molecule has 1 aliphatic rings. The molecule has 1 aliphatic carbocycles. The van der Waals surface area contributed by atoms with Gasteiger partial charge in [0.05, 0.1) is 7.11 Å². The lowest BCUT2D eigenvalue weighted by Crippen LogP contribution is -2.49. The summed E-state index contributed by atoms with van der Waals surface area (Å²) in [6.07, 6.45) is 9.40. The fraction of sp³-hybridized carbons (Fsp3) is 0.360. The summed E-state index contributed by atoms with van der Waals surface area (Å²) in [5, 5.41) is 11.5. The number of carbonyl (C=O) groups excluding carboxylic acids is 2. The molecule has 1 N–H and O–H groups in total. The van der Waals surface area contributed by atoms with Gasteiger partial charge in [-0.2, -0.15) is 0 Å². The average Bonchev–Trinajstić information content (AvgIpc) is 2.68. The van der Waals surface area contributed by atoms with E-state index in [0.717, 1.165) is 5.56 Å². The summed E-state index contributed by atoms with van der Waals surface area (Å²) in [7, 11) is 1.32. The van der Waals surface area contributed by atoms with E-state index in [1.54, 1.807) is 19.1 Å². The first-order valence-corrected chi connectivity index (χ1v) is 9.73. The van der Waals surface area contributed by atoms with Crippen LogP contribution in [0.15, 0.2) is 71.4 Å². The Morgan fingerprint density at radius 2 is 1.90 bits per heavy atom. The van der Waals surface area contributed by atoms with Crippen molar-refractivity contribution in [2.45, 2.75) is 46.1 Å². The second-order valence-corrected chi connectivity index (χ2v) is 8.12. The smallest absolute Gasteiger partial charge is 0.330 e. The highest BCUT2D eigenvalue weighted by Gasteiger charge is 2.49. The molecule has 1 atom stereocenters. The van der Waals surface area contributed by atoms with Gasteiger partial charge in [0.1, 0.15) is 5.60 Å². The number of ketones is 1. The Labute approximate surface area is 173 Å². The van der Waals surface area contributed by atoms with Crippen LogP contribution in [0.25, 0.3) is 6.08 Å². The van der Waals surface area contributed by atoms with Gasteiger partial charge in [0.2, 0.25) is 0 Å². The van der Waals surface area contributed by atoms with E-state index in [0.29, 0.717) is 23.1 Å². The molecular formula is C25H30O4. The molecule has 2 rings (SSSR count). The number of aliphatic hydroxyl groups is 1. The standard InChI is InChI=1S/C25H30O4/c1-18(16-23(27)29-5)14-15-25(28)19(2)21(22(26)17-24(25,3)4)13-9-12-20-10-7-6-8-11-20/h6-12,14-16,28H,13,17H2,1-5H3/b12-9+,15-14+,18-16-/t25-/m1/s1. The molecule has 1 aromatic carbocycles. The van der Waals surface area contributed by atoms with Gasteiger partial charge in [0.15, 0.2) is 5.78 Å². The van der Waals surface area contributed by atoms with Crippen LogP contribution >= 0.6 is 0 Å². The van der Waals surface area contributed by atoms with Gasteiger partial charge >= 0.3 is 5.97 Å². The van der Waals surface area contributed by atoms with Crippen LogP contribution in [-0.2, 0) is 14.3 Å². The predicted octanol–water partition coefficient (Wildman–Crippen LogP) is 4.81. The quantitative estimate of drug-likeness (QED) is 0.427. The lowest BCUT2D eigenvalue weighted by atomic mass is 9.62. The second-order valence-electron chi connectivity index (χ2n) is 8.12. The van der Waals surface area contributed by atoms with Crippen molar-refractivity contribution in [3.63, 3.8) is 0 Å². The van der Waals surface area contributed by atoms with E-state index in [9.17, 15) is 14.7 Å². The lowest BCUT2D eigenvalue weighted by molar-refractivity contribution is -0.134. The zero-order chi connectivity index (χ0) is 21.7. The van der Waals surface area contributed by atoms with Gasteiger partial charge in [-0.15, -0.1) is 0 Å². The van der Waals surface area contributed by atoms with Crippen LogP contribution in [-0.4, -0.2) is 29.6 Å². The number of methoxy groups -OCH3 is 1. The molecule has 4 heteroatoms. The molecule has 1 aromatic rings. The molecule has 0 radical (unpaired) electrons. The Balaban J connectivity index is 2.35. The van der Waals surface area contributed by atoms with Crippen LogP contribution in [0.1, 0.15) is 46.1 Å². The van der Waals surface area contributed by atoms with Crippen molar-refractivity contribution in [1.29, 1.82) is 0 Å². The summed E-state index contributed by atoms with van der Waals surface area (Å²) in [5.41, 5.74) is 1.06. The van der Waals surface area contributed by atoms with Crippen LogP contribution in [0, 0.1) is 5.41 Å². The molecule has 29 heavy (non-hydrogen) atoms. The third-order valence-corrected chi connectivity index (χ3v) is 5.56. The Morgan fingerprint density at radius 1 is 1.24 bits per heavy atom. The normalized spacial score (nSPS) is 22.6. The second kappa shape index (κ2) is 9.19. The van der Waals surface area contributed by atoms with Gasteiger partial charge in [-0.25, -0.2) is 4.79 Å². The van der Waals surface area contributed by atoms with E-state index in [1.165, 1.54) is 13.2 Å². The SMILES string of the molecule is COC(=O)/C=C(C)\C=C\[C@@]1(O)C(C)=C(C/C=C/c2ccccc2)C(=O)CC1(C)C. The minimum absolute atomic E-state index is 0.0603. The lowest BCUT2D eigenvalue weighted by Gasteiger charge is -2.45. The van der Waals surface area contributed by atoms with E-state index in [1.807, 2.05) is 63.3 Å². The minimum atomic E-state index is -1.29. The molecule has 0 saturated heterocycles. The van der Waals surface area contributed by atoms with E-state index >= 15 is 0 Å². The van der Waals surface area contributed by atoms with Gasteiger partial charge in [-0.1, -0.05) is 62.4 Å². The zero-order valence-corrected chi connectivity index (χ0v) is 17.9. The van der Waals surface area contributed by atoms with Crippen molar-refractivity contribution in [2.24, 2.45) is 5.41 Å². The predicted molar refractivity (Wildman–Crippen MR) is 116 cm³/mol. The summed E-state index contributed by atoms with van der Waals surface area (Å²) in [5.74, 6) is -0.388. The van der Waals surface area contributed by atoms with E-state index in [-0.39, 0.29) is 12.2 Å². The number of hydrogen-bond acceptors (Lipinski definition) is 4. The molecular weight excluding hydrogens is 364 g/mol. The van der Waals surface area contributed by atoms with Crippen LogP contribution in [0.4, 0.5) is 0 Å². The van der Waals surface area contributed by atoms with Crippen molar-refractivity contribution in [1.82, 2.24) is 0 Å². The van der Waals surface area contributed by atoms with Crippen LogP contribution in [0.5, 0.6) is 0 Å². The summed E-state index contributed by atoms with van der Waals surface area (Å²) in [6, 6.07) is 9.89. The van der Waals surface area contributed by atoms with Crippen molar-refractivity contribution in [3.8, 4) is 0 Å². The Kier molecular flexibility index (Phi) is 7.15. The molecule has 0 spiro atoms. The fourth-order valence-electron chi connectivity index (χ4n) is 3.63. The number of carbonyl (C=O) groups is 2. The van der Waals surface area contributed by atoms with Gasteiger partial charge < -0.3 is 9.84 Å². The molecule has 0 bridgehead atoms. The molecule has 0 saturated carbocycles. The van der Waals surface area contributed by atoms with E-state index in [4.69, 9.17) is 0 Å². The molecule has 0 unspecified atom stereocenters. The summed E-state index contributed by atoms with van der Waals surface area (Å²) in [6.45, 7) is 7.35. The number of ether oxygens (including phenoxy) is 1. The number of hydrogen-bond donors (Lipinski definition) is 1. The number of rotatable bonds is 6. The van der Waals surface area contributed by atoms with Gasteiger partial charge in [-0.05, 0) is 43.1 Å². The highest BCUT2D eigenvalue weighted by molar-refractivity contribution is 5.98. The molecule has 154 valence electrons. The zero-order valence-electron chi connectivity index (χ0n) is 17.9. The summed E-state index contributed by atoms with van der Waals surface area (Å²) < 4.78 is 4.64. The summed E-state index contributed by atoms with van der Waals surface area (Å²) >= 11 is 0. The molecule has 0 aliphatic heterocycles. The topological polar surface area (TPSA) is 63.6 Å². The van der Waals surface area contributed by atoms with Gasteiger partial charge in [0.25, 0.3) is 0 Å². The van der Waals surface area contributed by atoms with Gasteiger partial charge in [-0.3, -0.25) is 4.79 Å². The molecule has 0 fully saturated rings. The van der Waals surface area contributed by atoms with Gasteiger partial charge in [0, 0.05) is 23.5 Å². The number of benzene rings is 1. The van der Waals surface area contributed by atoms with Crippen molar-refractivity contribution >= 4 is 17.8 Å². The van der Waals surface area contributed by atoms with Crippen LogP contribution in [0.2, 0.25) is 0 Å². The van der Waals surface area contributed by atoms with Crippen LogP contribution < -0.4 is 0 Å². The number of esters is 1.